The van der Waals surface area contributed by atoms with Gasteiger partial charge < -0.3 is 4.42 Å². The minimum absolute atomic E-state index is 0.168. The SMILES string of the molecule is CC(Br)c1c(-c2ccc(F)cc2)c2ccccc2oc1=O. The van der Waals surface area contributed by atoms with E-state index in [0.717, 1.165) is 16.5 Å². The molecule has 4 heteroatoms. The molecule has 2 aromatic carbocycles. The fourth-order valence-electron chi connectivity index (χ4n) is 2.45. The van der Waals surface area contributed by atoms with Crippen molar-refractivity contribution in [2.75, 3.05) is 0 Å². The van der Waals surface area contributed by atoms with Gasteiger partial charge in [-0.05, 0) is 30.7 Å². The zero-order chi connectivity index (χ0) is 15.0. The van der Waals surface area contributed by atoms with E-state index in [2.05, 4.69) is 15.9 Å². The summed E-state index contributed by atoms with van der Waals surface area (Å²) in [6, 6.07) is 13.5. The van der Waals surface area contributed by atoms with Crippen LogP contribution in [0.25, 0.3) is 22.1 Å². The summed E-state index contributed by atoms with van der Waals surface area (Å²) in [6.45, 7) is 1.87. The number of hydrogen-bond donors (Lipinski definition) is 0. The van der Waals surface area contributed by atoms with Gasteiger partial charge in [-0.3, -0.25) is 0 Å². The lowest BCUT2D eigenvalue weighted by molar-refractivity contribution is 0.552. The quantitative estimate of drug-likeness (QED) is 0.479. The molecule has 21 heavy (non-hydrogen) atoms. The molecule has 0 fully saturated rings. The van der Waals surface area contributed by atoms with Gasteiger partial charge in [-0.2, -0.15) is 0 Å². The molecule has 0 amide bonds. The number of fused-ring (bicyclic) bond motifs is 1. The van der Waals surface area contributed by atoms with Gasteiger partial charge in [0.1, 0.15) is 11.4 Å². The largest absolute Gasteiger partial charge is 0.422 e. The summed E-state index contributed by atoms with van der Waals surface area (Å²) in [7, 11) is 0. The Balaban J connectivity index is 2.44. The van der Waals surface area contributed by atoms with Crippen LogP contribution in [0.3, 0.4) is 0 Å². The van der Waals surface area contributed by atoms with Gasteiger partial charge >= 0.3 is 5.63 Å². The van der Waals surface area contributed by atoms with Crippen LogP contribution in [0, 0.1) is 5.82 Å². The van der Waals surface area contributed by atoms with Gasteiger partial charge in [0.25, 0.3) is 0 Å². The van der Waals surface area contributed by atoms with E-state index in [1.165, 1.54) is 12.1 Å². The van der Waals surface area contributed by atoms with E-state index in [0.29, 0.717) is 11.1 Å². The first-order chi connectivity index (χ1) is 10.1. The molecule has 0 N–H and O–H groups in total. The van der Waals surface area contributed by atoms with Gasteiger partial charge in [0.2, 0.25) is 0 Å². The smallest absolute Gasteiger partial charge is 0.341 e. The lowest BCUT2D eigenvalue weighted by atomic mass is 9.96. The molecule has 2 nitrogen and oxygen atoms in total. The number of alkyl halides is 1. The molecule has 0 aliphatic rings. The predicted octanol–water partition coefficient (Wildman–Crippen LogP) is 5.06. The molecule has 0 bridgehead atoms. The van der Waals surface area contributed by atoms with Gasteiger partial charge in [0.15, 0.2) is 0 Å². The monoisotopic (exact) mass is 346 g/mol. The normalized spacial score (nSPS) is 12.5. The van der Waals surface area contributed by atoms with Crippen LogP contribution in [0.1, 0.15) is 17.3 Å². The zero-order valence-electron chi connectivity index (χ0n) is 11.3. The number of halogens is 2. The van der Waals surface area contributed by atoms with Crippen molar-refractivity contribution in [2.24, 2.45) is 0 Å². The van der Waals surface area contributed by atoms with E-state index in [9.17, 15) is 9.18 Å². The molecular formula is C17H12BrFO2. The van der Waals surface area contributed by atoms with Crippen LogP contribution >= 0.6 is 15.9 Å². The molecule has 0 aliphatic heterocycles. The summed E-state index contributed by atoms with van der Waals surface area (Å²) in [5, 5.41) is 0.838. The van der Waals surface area contributed by atoms with Crippen molar-refractivity contribution in [3.05, 3.63) is 70.3 Å². The summed E-state index contributed by atoms with van der Waals surface area (Å²) in [5.41, 5.74) is 2.27. The maximum atomic E-state index is 13.2. The van der Waals surface area contributed by atoms with Crippen molar-refractivity contribution in [3.63, 3.8) is 0 Å². The van der Waals surface area contributed by atoms with E-state index in [-0.39, 0.29) is 16.3 Å². The molecule has 3 rings (SSSR count). The second-order valence-electron chi connectivity index (χ2n) is 4.80. The molecule has 0 saturated carbocycles. The van der Waals surface area contributed by atoms with Crippen LogP contribution in [0.5, 0.6) is 0 Å². The molecule has 0 aliphatic carbocycles. The Morgan fingerprint density at radius 2 is 1.76 bits per heavy atom. The molecule has 106 valence electrons. The number of benzene rings is 2. The summed E-state index contributed by atoms with van der Waals surface area (Å²) >= 11 is 3.45. The summed E-state index contributed by atoms with van der Waals surface area (Å²) in [5.74, 6) is -0.306. The Bertz CT molecular complexity index is 851. The molecule has 1 aromatic heterocycles. The number of para-hydroxylation sites is 1. The highest BCUT2D eigenvalue weighted by atomic mass is 79.9. The van der Waals surface area contributed by atoms with Crippen molar-refractivity contribution in [3.8, 4) is 11.1 Å². The molecule has 1 atom stereocenters. The topological polar surface area (TPSA) is 30.2 Å². The van der Waals surface area contributed by atoms with Crippen molar-refractivity contribution in [1.82, 2.24) is 0 Å². The second kappa shape index (κ2) is 5.45. The van der Waals surface area contributed by atoms with Crippen LogP contribution in [-0.2, 0) is 0 Å². The van der Waals surface area contributed by atoms with Crippen LogP contribution < -0.4 is 5.63 Å². The van der Waals surface area contributed by atoms with Gasteiger partial charge in [-0.25, -0.2) is 9.18 Å². The van der Waals surface area contributed by atoms with E-state index >= 15 is 0 Å². The van der Waals surface area contributed by atoms with E-state index in [1.807, 2.05) is 25.1 Å². The Morgan fingerprint density at radius 3 is 2.43 bits per heavy atom. The molecule has 0 saturated heterocycles. The first-order valence-corrected chi connectivity index (χ1v) is 7.45. The second-order valence-corrected chi connectivity index (χ2v) is 6.17. The third-order valence-corrected chi connectivity index (χ3v) is 3.84. The predicted molar refractivity (Wildman–Crippen MR) is 85.2 cm³/mol. The Labute approximate surface area is 129 Å². The molecular weight excluding hydrogens is 335 g/mol. The Morgan fingerprint density at radius 1 is 1.10 bits per heavy atom. The first-order valence-electron chi connectivity index (χ1n) is 6.53. The summed E-state index contributed by atoms with van der Waals surface area (Å²) in [4.78, 5) is 12.1. The molecule has 3 aromatic rings. The van der Waals surface area contributed by atoms with E-state index < -0.39 is 0 Å². The zero-order valence-corrected chi connectivity index (χ0v) is 12.9. The van der Waals surface area contributed by atoms with Crippen LogP contribution in [0.15, 0.2) is 57.7 Å². The summed E-state index contributed by atoms with van der Waals surface area (Å²) < 4.78 is 18.5. The number of hydrogen-bond acceptors (Lipinski definition) is 2. The molecule has 0 radical (unpaired) electrons. The minimum atomic E-state index is -0.377. The van der Waals surface area contributed by atoms with Crippen LogP contribution in [0.4, 0.5) is 4.39 Å². The van der Waals surface area contributed by atoms with E-state index in [4.69, 9.17) is 4.42 Å². The highest BCUT2D eigenvalue weighted by Gasteiger charge is 2.19. The van der Waals surface area contributed by atoms with Crippen molar-refractivity contribution >= 4 is 26.9 Å². The van der Waals surface area contributed by atoms with Crippen molar-refractivity contribution in [1.29, 1.82) is 0 Å². The van der Waals surface area contributed by atoms with Gasteiger partial charge in [0, 0.05) is 15.8 Å². The fraction of sp³-hybridized carbons (Fsp3) is 0.118. The first kappa shape index (κ1) is 14.0. The van der Waals surface area contributed by atoms with Crippen LogP contribution in [-0.4, -0.2) is 0 Å². The minimum Gasteiger partial charge on any atom is -0.422 e. The third kappa shape index (κ3) is 2.51. The molecule has 1 heterocycles. The average Bonchev–Trinajstić information content (AvgIpc) is 2.46. The maximum Gasteiger partial charge on any atom is 0.341 e. The lowest BCUT2D eigenvalue weighted by Crippen LogP contribution is -2.10. The number of rotatable bonds is 2. The van der Waals surface area contributed by atoms with Gasteiger partial charge in [-0.15, -0.1) is 0 Å². The van der Waals surface area contributed by atoms with Gasteiger partial charge in [0.05, 0.1) is 5.56 Å². The molecule has 1 unspecified atom stereocenters. The standard InChI is InChI=1S/C17H12BrFO2/c1-10(18)15-16(11-6-8-12(19)9-7-11)13-4-2-3-5-14(13)21-17(15)20/h2-10H,1H3. The highest BCUT2D eigenvalue weighted by Crippen LogP contribution is 2.35. The Hall–Kier alpha value is -1.94. The van der Waals surface area contributed by atoms with E-state index in [1.54, 1.807) is 18.2 Å². The highest BCUT2D eigenvalue weighted by molar-refractivity contribution is 9.09. The van der Waals surface area contributed by atoms with Gasteiger partial charge in [-0.1, -0.05) is 46.3 Å². The fourth-order valence-corrected chi connectivity index (χ4v) is 2.87. The Kier molecular flexibility index (Phi) is 3.64. The lowest BCUT2D eigenvalue weighted by Gasteiger charge is -2.13. The maximum absolute atomic E-state index is 13.2. The summed E-state index contributed by atoms with van der Waals surface area (Å²) in [6.07, 6.45) is 0. The third-order valence-electron chi connectivity index (χ3n) is 3.38. The van der Waals surface area contributed by atoms with Crippen LogP contribution in [0.2, 0.25) is 0 Å². The molecule has 0 spiro atoms. The van der Waals surface area contributed by atoms with Crippen molar-refractivity contribution < 1.29 is 8.81 Å². The average molecular weight is 347 g/mol. The van der Waals surface area contributed by atoms with Crippen molar-refractivity contribution in [2.45, 2.75) is 11.8 Å².